The summed E-state index contributed by atoms with van der Waals surface area (Å²) in [6.07, 6.45) is 2.03. The Labute approximate surface area is 106 Å². The number of ketones is 1. The maximum Gasteiger partial charge on any atom is 0.307 e. The number of carboxylic acid groups (broad SMARTS) is 1. The highest BCUT2D eigenvalue weighted by molar-refractivity contribution is 6.02. The Morgan fingerprint density at radius 3 is 2.56 bits per heavy atom. The van der Waals surface area contributed by atoms with Gasteiger partial charge in [0.2, 0.25) is 0 Å². The van der Waals surface area contributed by atoms with Crippen molar-refractivity contribution in [1.29, 1.82) is 0 Å². The van der Waals surface area contributed by atoms with Crippen LogP contribution in [-0.4, -0.2) is 24.0 Å². The van der Waals surface area contributed by atoms with Crippen molar-refractivity contribution in [1.82, 2.24) is 0 Å². The number of carboxylic acids is 1. The van der Waals surface area contributed by atoms with Gasteiger partial charge >= 0.3 is 5.97 Å². The minimum absolute atomic E-state index is 0.114. The third kappa shape index (κ3) is 2.23. The van der Waals surface area contributed by atoms with Gasteiger partial charge in [-0.25, -0.2) is 0 Å². The van der Waals surface area contributed by atoms with E-state index in [1.165, 1.54) is 7.11 Å². The molecule has 0 bridgehead atoms. The van der Waals surface area contributed by atoms with E-state index in [4.69, 9.17) is 9.84 Å². The predicted molar refractivity (Wildman–Crippen MR) is 65.8 cm³/mol. The van der Waals surface area contributed by atoms with Gasteiger partial charge in [0, 0.05) is 5.92 Å². The molecule has 1 aliphatic carbocycles. The zero-order chi connectivity index (χ0) is 13.1. The lowest BCUT2D eigenvalue weighted by atomic mass is 9.88. The van der Waals surface area contributed by atoms with Crippen molar-refractivity contribution in [3.63, 3.8) is 0 Å². The van der Waals surface area contributed by atoms with E-state index in [9.17, 15) is 9.59 Å². The first-order chi connectivity index (χ1) is 8.65. The van der Waals surface area contributed by atoms with Gasteiger partial charge in [-0.3, -0.25) is 9.59 Å². The van der Waals surface area contributed by atoms with Gasteiger partial charge in [-0.1, -0.05) is 18.6 Å². The fourth-order valence-electron chi connectivity index (χ4n) is 2.62. The van der Waals surface area contributed by atoms with Crippen molar-refractivity contribution in [2.24, 2.45) is 11.8 Å². The van der Waals surface area contributed by atoms with Crippen LogP contribution in [0.1, 0.15) is 29.6 Å². The second-order valence-corrected chi connectivity index (χ2v) is 4.55. The minimum atomic E-state index is -0.874. The molecule has 1 saturated carbocycles. The fourth-order valence-corrected chi connectivity index (χ4v) is 2.62. The SMILES string of the molecule is COc1ccccc1C(=O)C1CCCC1C(=O)O. The highest BCUT2D eigenvalue weighted by Crippen LogP contribution is 2.36. The smallest absolute Gasteiger partial charge is 0.307 e. The summed E-state index contributed by atoms with van der Waals surface area (Å²) < 4.78 is 5.15. The van der Waals surface area contributed by atoms with Gasteiger partial charge in [-0.15, -0.1) is 0 Å². The molecule has 18 heavy (non-hydrogen) atoms. The van der Waals surface area contributed by atoms with Crippen LogP contribution in [0.3, 0.4) is 0 Å². The molecule has 1 fully saturated rings. The van der Waals surface area contributed by atoms with E-state index in [1.54, 1.807) is 24.3 Å². The van der Waals surface area contributed by atoms with Crippen LogP contribution >= 0.6 is 0 Å². The van der Waals surface area contributed by atoms with Crippen LogP contribution in [0.25, 0.3) is 0 Å². The summed E-state index contributed by atoms with van der Waals surface area (Å²) in [5, 5.41) is 9.12. The second-order valence-electron chi connectivity index (χ2n) is 4.55. The van der Waals surface area contributed by atoms with E-state index >= 15 is 0 Å². The number of hydrogen-bond donors (Lipinski definition) is 1. The van der Waals surface area contributed by atoms with Gasteiger partial charge in [0.1, 0.15) is 5.75 Å². The molecule has 0 aliphatic heterocycles. The molecule has 0 amide bonds. The Hall–Kier alpha value is -1.84. The second kappa shape index (κ2) is 5.21. The van der Waals surface area contributed by atoms with Gasteiger partial charge in [0.25, 0.3) is 0 Å². The third-order valence-electron chi connectivity index (χ3n) is 3.54. The highest BCUT2D eigenvalue weighted by atomic mass is 16.5. The van der Waals surface area contributed by atoms with Crippen LogP contribution < -0.4 is 4.74 Å². The lowest BCUT2D eigenvalue weighted by Crippen LogP contribution is -2.25. The Kier molecular flexibility index (Phi) is 3.65. The van der Waals surface area contributed by atoms with Gasteiger partial charge in [0.05, 0.1) is 18.6 Å². The zero-order valence-electron chi connectivity index (χ0n) is 10.3. The molecule has 1 N–H and O–H groups in total. The van der Waals surface area contributed by atoms with E-state index < -0.39 is 17.8 Å². The number of rotatable bonds is 4. The van der Waals surface area contributed by atoms with E-state index in [1.807, 2.05) is 0 Å². The molecule has 0 saturated heterocycles. The van der Waals surface area contributed by atoms with Gasteiger partial charge in [0.15, 0.2) is 5.78 Å². The molecule has 0 radical (unpaired) electrons. The molecule has 0 aromatic heterocycles. The first kappa shape index (κ1) is 12.6. The van der Waals surface area contributed by atoms with Crippen molar-refractivity contribution in [2.45, 2.75) is 19.3 Å². The fraction of sp³-hybridized carbons (Fsp3) is 0.429. The van der Waals surface area contributed by atoms with Crippen LogP contribution in [0.15, 0.2) is 24.3 Å². The number of benzene rings is 1. The standard InChI is InChI=1S/C14H16O4/c1-18-12-8-3-2-5-11(12)13(15)9-6-4-7-10(9)14(16)17/h2-3,5,8-10H,4,6-7H2,1H3,(H,16,17). The molecule has 2 rings (SSSR count). The summed E-state index contributed by atoms with van der Waals surface area (Å²) in [6, 6.07) is 6.97. The largest absolute Gasteiger partial charge is 0.496 e. The van der Waals surface area contributed by atoms with E-state index in [-0.39, 0.29) is 5.78 Å². The summed E-state index contributed by atoms with van der Waals surface area (Å²) in [4.78, 5) is 23.5. The van der Waals surface area contributed by atoms with E-state index in [0.717, 1.165) is 6.42 Å². The number of carbonyl (C=O) groups excluding carboxylic acids is 1. The normalized spacial score (nSPS) is 22.7. The molecule has 1 aromatic carbocycles. The quantitative estimate of drug-likeness (QED) is 0.831. The molecule has 2 unspecified atom stereocenters. The monoisotopic (exact) mass is 248 g/mol. The van der Waals surface area contributed by atoms with E-state index in [2.05, 4.69) is 0 Å². The summed E-state index contributed by atoms with van der Waals surface area (Å²) in [5.74, 6) is -1.45. The first-order valence-corrected chi connectivity index (χ1v) is 6.05. The molecule has 4 heteroatoms. The minimum Gasteiger partial charge on any atom is -0.496 e. The molecule has 0 heterocycles. The number of aliphatic carboxylic acids is 1. The predicted octanol–water partition coefficient (Wildman–Crippen LogP) is 2.38. The number of hydrogen-bond acceptors (Lipinski definition) is 3. The lowest BCUT2D eigenvalue weighted by molar-refractivity contribution is -0.142. The van der Waals surface area contributed by atoms with Crippen LogP contribution in [0, 0.1) is 11.8 Å². The van der Waals surface area contributed by atoms with Crippen molar-refractivity contribution < 1.29 is 19.4 Å². The average molecular weight is 248 g/mol. The lowest BCUT2D eigenvalue weighted by Gasteiger charge is -2.16. The van der Waals surface area contributed by atoms with E-state index in [0.29, 0.717) is 24.2 Å². The molecule has 1 aliphatic rings. The Balaban J connectivity index is 2.28. The zero-order valence-corrected chi connectivity index (χ0v) is 10.3. The maximum absolute atomic E-state index is 12.4. The highest BCUT2D eigenvalue weighted by Gasteiger charge is 2.38. The molecule has 2 atom stereocenters. The summed E-state index contributed by atoms with van der Waals surface area (Å²) in [5.41, 5.74) is 0.484. The molecule has 96 valence electrons. The number of carbonyl (C=O) groups is 2. The van der Waals surface area contributed by atoms with Crippen LogP contribution in [0.4, 0.5) is 0 Å². The summed E-state index contributed by atoms with van der Waals surface area (Å²) >= 11 is 0. The molecule has 0 spiro atoms. The molecular weight excluding hydrogens is 232 g/mol. The third-order valence-corrected chi connectivity index (χ3v) is 3.54. The number of methoxy groups -OCH3 is 1. The van der Waals surface area contributed by atoms with Gasteiger partial charge in [-0.05, 0) is 25.0 Å². The Morgan fingerprint density at radius 2 is 1.89 bits per heavy atom. The van der Waals surface area contributed by atoms with Crippen LogP contribution in [0.5, 0.6) is 5.75 Å². The number of para-hydroxylation sites is 1. The first-order valence-electron chi connectivity index (χ1n) is 6.05. The summed E-state index contributed by atoms with van der Waals surface area (Å²) in [7, 11) is 1.51. The summed E-state index contributed by atoms with van der Waals surface area (Å²) in [6.45, 7) is 0. The van der Waals surface area contributed by atoms with Crippen molar-refractivity contribution in [2.75, 3.05) is 7.11 Å². The average Bonchev–Trinajstić information content (AvgIpc) is 2.87. The Morgan fingerprint density at radius 1 is 1.22 bits per heavy atom. The van der Waals surface area contributed by atoms with Crippen molar-refractivity contribution >= 4 is 11.8 Å². The number of Topliss-reactive ketones (excluding diaryl/α,β-unsaturated/α-hetero) is 1. The van der Waals surface area contributed by atoms with Crippen LogP contribution in [0.2, 0.25) is 0 Å². The topological polar surface area (TPSA) is 63.6 Å². The number of ether oxygens (including phenoxy) is 1. The van der Waals surface area contributed by atoms with Crippen LogP contribution in [-0.2, 0) is 4.79 Å². The Bertz CT molecular complexity index is 467. The molecule has 4 nitrogen and oxygen atoms in total. The molecular formula is C14H16O4. The van der Waals surface area contributed by atoms with Crippen molar-refractivity contribution in [3.05, 3.63) is 29.8 Å². The molecule has 1 aromatic rings. The van der Waals surface area contributed by atoms with Gasteiger partial charge in [-0.2, -0.15) is 0 Å². The van der Waals surface area contributed by atoms with Gasteiger partial charge < -0.3 is 9.84 Å². The van der Waals surface area contributed by atoms with Crippen molar-refractivity contribution in [3.8, 4) is 5.75 Å². The maximum atomic E-state index is 12.4.